The second-order valence-electron chi connectivity index (χ2n) is 2.23. The van der Waals surface area contributed by atoms with Crippen molar-refractivity contribution in [1.29, 1.82) is 0 Å². The molecule has 0 rings (SSSR count). The summed E-state index contributed by atoms with van der Waals surface area (Å²) in [5.74, 6) is 0.758. The Hall–Kier alpha value is 0.170. The van der Waals surface area contributed by atoms with Crippen molar-refractivity contribution in [3.8, 4) is 0 Å². The number of nitrogens with zero attached hydrogens (tertiary/aromatic N) is 1. The molecule has 0 aromatic heterocycles. The van der Waals surface area contributed by atoms with E-state index in [-0.39, 0.29) is 6.54 Å². The fourth-order valence-corrected chi connectivity index (χ4v) is 0.809. The first-order chi connectivity index (χ1) is 4.66. The Morgan fingerprint density at radius 3 is 2.50 bits per heavy atom. The van der Waals surface area contributed by atoms with E-state index in [4.69, 9.17) is 0 Å². The third-order valence-electron chi connectivity index (χ3n) is 1.15. The smallest absolute Gasteiger partial charge is 0.251 e. The zero-order valence-electron chi connectivity index (χ0n) is 6.06. The lowest BCUT2D eigenvalue weighted by Crippen LogP contribution is -2.25. The molecule has 0 aliphatic carbocycles. The van der Waals surface area contributed by atoms with Crippen LogP contribution >= 0.6 is 12.6 Å². The molecule has 0 N–H and O–H groups in total. The number of hydrogen-bond donors (Lipinski definition) is 1. The van der Waals surface area contributed by atoms with Gasteiger partial charge in [-0.05, 0) is 25.8 Å². The highest BCUT2D eigenvalue weighted by atomic mass is 32.1. The summed E-state index contributed by atoms with van der Waals surface area (Å²) in [6.07, 6.45) is -1.35. The van der Waals surface area contributed by atoms with E-state index in [1.807, 2.05) is 0 Å². The van der Waals surface area contributed by atoms with E-state index in [0.717, 1.165) is 12.2 Å². The van der Waals surface area contributed by atoms with Gasteiger partial charge in [0.25, 0.3) is 6.43 Å². The van der Waals surface area contributed by atoms with Crippen molar-refractivity contribution < 1.29 is 8.78 Å². The second-order valence-corrected chi connectivity index (χ2v) is 2.68. The predicted octanol–water partition coefficient (Wildman–Crippen LogP) is 1.50. The van der Waals surface area contributed by atoms with Crippen LogP contribution in [0.15, 0.2) is 0 Å². The monoisotopic (exact) mass is 169 g/mol. The topological polar surface area (TPSA) is 3.24 Å². The Kier molecular flexibility index (Phi) is 6.02. The Bertz CT molecular complexity index is 80.1. The van der Waals surface area contributed by atoms with Gasteiger partial charge in [-0.1, -0.05) is 0 Å². The first-order valence-corrected chi connectivity index (χ1v) is 3.87. The van der Waals surface area contributed by atoms with Crippen LogP contribution in [0, 0.1) is 0 Å². The Morgan fingerprint density at radius 1 is 1.50 bits per heavy atom. The van der Waals surface area contributed by atoms with Gasteiger partial charge in [0.05, 0.1) is 6.54 Å². The zero-order valence-corrected chi connectivity index (χ0v) is 6.95. The van der Waals surface area contributed by atoms with Gasteiger partial charge < -0.3 is 4.90 Å². The molecular weight excluding hydrogens is 156 g/mol. The summed E-state index contributed by atoms with van der Waals surface area (Å²) in [6.45, 7) is 0.571. The molecule has 10 heavy (non-hydrogen) atoms. The van der Waals surface area contributed by atoms with Crippen molar-refractivity contribution in [3.05, 3.63) is 0 Å². The molecule has 0 fully saturated rings. The van der Waals surface area contributed by atoms with Crippen LogP contribution in [0.5, 0.6) is 0 Å². The van der Waals surface area contributed by atoms with Gasteiger partial charge in [0.2, 0.25) is 0 Å². The molecule has 0 bridgehead atoms. The van der Waals surface area contributed by atoms with Gasteiger partial charge in [0.1, 0.15) is 0 Å². The number of thiol groups is 1. The van der Waals surface area contributed by atoms with E-state index in [9.17, 15) is 8.78 Å². The van der Waals surface area contributed by atoms with Crippen molar-refractivity contribution in [2.45, 2.75) is 12.8 Å². The van der Waals surface area contributed by atoms with Gasteiger partial charge in [-0.15, -0.1) is 0 Å². The fraction of sp³-hybridized carbons (Fsp3) is 1.00. The number of halogens is 2. The highest BCUT2D eigenvalue weighted by Crippen LogP contribution is 1.96. The van der Waals surface area contributed by atoms with Gasteiger partial charge in [0, 0.05) is 0 Å². The average Bonchev–Trinajstić information content (AvgIpc) is 1.82. The van der Waals surface area contributed by atoms with Crippen molar-refractivity contribution in [3.63, 3.8) is 0 Å². The molecule has 0 amide bonds. The molecule has 62 valence electrons. The third kappa shape index (κ3) is 6.29. The van der Waals surface area contributed by atoms with Crippen LogP contribution in [0.4, 0.5) is 8.78 Å². The maximum Gasteiger partial charge on any atom is 0.251 e. The van der Waals surface area contributed by atoms with Crippen LogP contribution in [0.1, 0.15) is 6.42 Å². The minimum absolute atomic E-state index is 0.131. The van der Waals surface area contributed by atoms with E-state index in [2.05, 4.69) is 12.6 Å². The molecular formula is C6H13F2NS. The molecule has 0 spiro atoms. The normalized spacial score (nSPS) is 11.4. The SMILES string of the molecule is CN(CCCS)CC(F)F. The van der Waals surface area contributed by atoms with E-state index in [1.54, 1.807) is 11.9 Å². The van der Waals surface area contributed by atoms with Gasteiger partial charge in [-0.25, -0.2) is 8.78 Å². The van der Waals surface area contributed by atoms with Gasteiger partial charge in [-0.3, -0.25) is 0 Å². The number of rotatable bonds is 5. The van der Waals surface area contributed by atoms with Crippen molar-refractivity contribution in [2.75, 3.05) is 25.9 Å². The highest BCUT2D eigenvalue weighted by molar-refractivity contribution is 7.80. The zero-order chi connectivity index (χ0) is 7.98. The van der Waals surface area contributed by atoms with Gasteiger partial charge >= 0.3 is 0 Å². The molecule has 0 radical (unpaired) electrons. The van der Waals surface area contributed by atoms with Gasteiger partial charge in [0.15, 0.2) is 0 Å². The maximum atomic E-state index is 11.7. The van der Waals surface area contributed by atoms with Gasteiger partial charge in [-0.2, -0.15) is 12.6 Å². The lowest BCUT2D eigenvalue weighted by Gasteiger charge is -2.14. The average molecular weight is 169 g/mol. The minimum Gasteiger partial charge on any atom is -0.301 e. The van der Waals surface area contributed by atoms with Crippen molar-refractivity contribution >= 4 is 12.6 Å². The molecule has 0 unspecified atom stereocenters. The molecule has 0 aromatic rings. The van der Waals surface area contributed by atoms with Crippen LogP contribution < -0.4 is 0 Å². The molecule has 0 aliphatic heterocycles. The summed E-state index contributed by atoms with van der Waals surface area (Å²) in [6, 6.07) is 0. The fourth-order valence-electron chi connectivity index (χ4n) is 0.668. The summed E-state index contributed by atoms with van der Waals surface area (Å²) in [4.78, 5) is 1.61. The first-order valence-electron chi connectivity index (χ1n) is 3.24. The predicted molar refractivity (Wildman–Crippen MR) is 42.0 cm³/mol. The first kappa shape index (κ1) is 10.2. The summed E-state index contributed by atoms with van der Waals surface area (Å²) in [5.41, 5.74) is 0. The second kappa shape index (κ2) is 5.92. The largest absolute Gasteiger partial charge is 0.301 e. The maximum absolute atomic E-state index is 11.7. The Balaban J connectivity index is 3.16. The molecule has 0 saturated carbocycles. The molecule has 0 aliphatic rings. The summed E-state index contributed by atoms with van der Waals surface area (Å²) in [7, 11) is 1.69. The van der Waals surface area contributed by atoms with E-state index in [1.165, 1.54) is 0 Å². The lowest BCUT2D eigenvalue weighted by molar-refractivity contribution is 0.101. The lowest BCUT2D eigenvalue weighted by atomic mass is 10.4. The van der Waals surface area contributed by atoms with E-state index in [0.29, 0.717) is 6.54 Å². The molecule has 0 heterocycles. The molecule has 1 nitrogen and oxygen atoms in total. The quantitative estimate of drug-likeness (QED) is 0.610. The Morgan fingerprint density at radius 2 is 2.10 bits per heavy atom. The Labute approximate surface area is 65.8 Å². The number of alkyl halides is 2. The van der Waals surface area contributed by atoms with E-state index >= 15 is 0 Å². The number of hydrogen-bond acceptors (Lipinski definition) is 2. The highest BCUT2D eigenvalue weighted by Gasteiger charge is 2.05. The molecule has 4 heteroatoms. The van der Waals surface area contributed by atoms with Crippen LogP contribution in [0.2, 0.25) is 0 Å². The van der Waals surface area contributed by atoms with E-state index < -0.39 is 6.43 Å². The molecule has 0 saturated heterocycles. The van der Waals surface area contributed by atoms with Crippen LogP contribution in [-0.2, 0) is 0 Å². The summed E-state index contributed by atoms with van der Waals surface area (Å²) < 4.78 is 23.3. The van der Waals surface area contributed by atoms with Crippen molar-refractivity contribution in [1.82, 2.24) is 4.90 Å². The van der Waals surface area contributed by atoms with Crippen LogP contribution in [0.25, 0.3) is 0 Å². The van der Waals surface area contributed by atoms with Crippen LogP contribution in [-0.4, -0.2) is 37.2 Å². The summed E-state index contributed by atoms with van der Waals surface area (Å²) in [5, 5.41) is 0. The standard InChI is InChI=1S/C6H13F2NS/c1-9(3-2-4-10)5-6(7)8/h6,10H,2-5H2,1H3. The minimum atomic E-state index is -2.22. The molecule has 0 aromatic carbocycles. The van der Waals surface area contributed by atoms with Crippen molar-refractivity contribution in [2.24, 2.45) is 0 Å². The third-order valence-corrected chi connectivity index (χ3v) is 1.46. The molecule has 0 atom stereocenters. The summed E-state index contributed by atoms with van der Waals surface area (Å²) >= 11 is 3.97. The van der Waals surface area contributed by atoms with Crippen LogP contribution in [0.3, 0.4) is 0 Å².